The van der Waals surface area contributed by atoms with E-state index in [0.29, 0.717) is 24.1 Å². The molecule has 0 spiro atoms. The first-order valence-electron chi connectivity index (χ1n) is 20.8. The number of allylic oxidation sites excluding steroid dienone is 14. The van der Waals surface area contributed by atoms with Gasteiger partial charge >= 0.3 is 13.8 Å². The predicted molar refractivity (Wildman–Crippen MR) is 228 cm³/mol. The van der Waals surface area contributed by atoms with Crippen LogP contribution in [0, 0.1) is 0 Å². The maximum Gasteiger partial charge on any atom is 0.472 e. The minimum atomic E-state index is -4.28. The normalized spacial score (nSPS) is 14.7. The van der Waals surface area contributed by atoms with Crippen LogP contribution in [0.25, 0.3) is 0 Å². The molecule has 0 saturated carbocycles. The fourth-order valence-electron chi connectivity index (χ4n) is 5.00. The van der Waals surface area contributed by atoms with Crippen molar-refractivity contribution in [2.45, 2.75) is 142 Å². The Bertz CT molecular complexity index is 1130. The van der Waals surface area contributed by atoms with Gasteiger partial charge in [0, 0.05) is 13.0 Å². The van der Waals surface area contributed by atoms with Gasteiger partial charge in [-0.25, -0.2) is 4.57 Å². The molecule has 0 amide bonds. The predicted octanol–water partition coefficient (Wildman–Crippen LogP) is 12.1. The Morgan fingerprint density at radius 3 is 1.57 bits per heavy atom. The molecule has 0 aliphatic carbocycles. The molecule has 0 rings (SSSR count). The van der Waals surface area contributed by atoms with Crippen molar-refractivity contribution in [1.82, 2.24) is 0 Å². The van der Waals surface area contributed by atoms with Gasteiger partial charge in [-0.05, 0) is 70.6 Å². The average Bonchev–Trinajstić information content (AvgIpc) is 3.12. The highest BCUT2D eigenvalue weighted by molar-refractivity contribution is 7.47. The number of ether oxygens (including phenoxy) is 2. The van der Waals surface area contributed by atoms with Crippen LogP contribution in [0.3, 0.4) is 0 Å². The Hall–Kier alpha value is -2.32. The monoisotopic (exact) mass is 777 g/mol. The SMILES string of the molecule is CC/C=C\C/C=C\C/C=C\C/C=C\C/C=C\C/C=C\C/C=C\CCCCOCC(COP(=O)(O)OCC[N+](C)(C)C)OC(=O)CCCCCCCCCC. The van der Waals surface area contributed by atoms with E-state index in [1.54, 1.807) is 0 Å². The molecule has 0 aliphatic heterocycles. The first-order chi connectivity index (χ1) is 26.1. The van der Waals surface area contributed by atoms with Crippen molar-refractivity contribution < 1.29 is 37.3 Å². The summed E-state index contributed by atoms with van der Waals surface area (Å²) in [6, 6.07) is 0. The van der Waals surface area contributed by atoms with Crippen LogP contribution in [-0.2, 0) is 27.9 Å². The lowest BCUT2D eigenvalue weighted by molar-refractivity contribution is -0.870. The molecule has 0 saturated heterocycles. The van der Waals surface area contributed by atoms with E-state index < -0.39 is 13.9 Å². The number of rotatable bonds is 37. The highest BCUT2D eigenvalue weighted by Crippen LogP contribution is 2.43. The number of phosphoric acid groups is 1. The highest BCUT2D eigenvalue weighted by atomic mass is 31.2. The summed E-state index contributed by atoms with van der Waals surface area (Å²) in [5, 5.41) is 0. The number of carbonyl (C=O) groups excluding carboxylic acids is 1. The van der Waals surface area contributed by atoms with E-state index in [-0.39, 0.29) is 25.8 Å². The largest absolute Gasteiger partial charge is 0.472 e. The van der Waals surface area contributed by atoms with Crippen LogP contribution >= 0.6 is 7.82 Å². The van der Waals surface area contributed by atoms with E-state index in [0.717, 1.165) is 83.5 Å². The van der Waals surface area contributed by atoms with E-state index in [9.17, 15) is 14.3 Å². The molecule has 8 nitrogen and oxygen atoms in total. The van der Waals surface area contributed by atoms with E-state index >= 15 is 0 Å². The molecule has 9 heteroatoms. The van der Waals surface area contributed by atoms with Crippen molar-refractivity contribution in [1.29, 1.82) is 0 Å². The molecule has 2 unspecified atom stereocenters. The zero-order chi connectivity index (χ0) is 39.9. The van der Waals surface area contributed by atoms with Gasteiger partial charge in [0.05, 0.1) is 34.4 Å². The molecule has 0 heterocycles. The van der Waals surface area contributed by atoms with Gasteiger partial charge in [-0.2, -0.15) is 0 Å². The van der Waals surface area contributed by atoms with Crippen molar-refractivity contribution in [2.75, 3.05) is 54.1 Å². The molecule has 0 aromatic heterocycles. The Morgan fingerprint density at radius 1 is 0.593 bits per heavy atom. The quantitative estimate of drug-likeness (QED) is 0.0221. The Balaban J connectivity index is 4.26. The van der Waals surface area contributed by atoms with Crippen LogP contribution in [0.15, 0.2) is 85.1 Å². The number of hydrogen-bond donors (Lipinski definition) is 1. The number of hydrogen-bond acceptors (Lipinski definition) is 6. The minimum absolute atomic E-state index is 0.0759. The standard InChI is InChI=1S/C45H78NO7P/c1-6-8-10-12-14-16-17-18-19-20-21-22-23-24-25-26-27-28-29-30-31-33-35-37-40-50-42-44(43-52-54(48,49)51-41-39-46(3,4)5)53-45(47)38-36-34-32-15-13-11-9-7-2/h8,10,14,16,18-19,21-22,24-25,27-28,30-31,44H,6-7,9,11-13,15,17,20,23,26,29,32-43H2,1-5H3/p+1/b10-8-,16-14-,19-18-,22-21-,25-24-,28-27-,31-30-. The minimum Gasteiger partial charge on any atom is -0.457 e. The maximum atomic E-state index is 12.6. The summed E-state index contributed by atoms with van der Waals surface area (Å²) in [5.41, 5.74) is 0. The van der Waals surface area contributed by atoms with E-state index in [1.807, 2.05) is 21.1 Å². The van der Waals surface area contributed by atoms with Crippen molar-refractivity contribution in [3.63, 3.8) is 0 Å². The summed E-state index contributed by atoms with van der Waals surface area (Å²) in [7, 11) is 1.62. The summed E-state index contributed by atoms with van der Waals surface area (Å²) >= 11 is 0. The van der Waals surface area contributed by atoms with Gasteiger partial charge in [-0.1, -0.05) is 144 Å². The second-order valence-corrected chi connectivity index (χ2v) is 16.1. The maximum absolute atomic E-state index is 12.6. The Morgan fingerprint density at radius 2 is 1.07 bits per heavy atom. The first kappa shape index (κ1) is 51.7. The molecule has 2 atom stereocenters. The van der Waals surface area contributed by atoms with Gasteiger partial charge in [-0.3, -0.25) is 13.8 Å². The molecular weight excluding hydrogens is 697 g/mol. The molecule has 0 fully saturated rings. The Labute approximate surface area is 331 Å². The van der Waals surface area contributed by atoms with Crippen LogP contribution in [0.2, 0.25) is 0 Å². The molecule has 0 bridgehead atoms. The Kier molecular flexibility index (Phi) is 36.0. The van der Waals surface area contributed by atoms with Gasteiger partial charge in [0.1, 0.15) is 19.3 Å². The van der Waals surface area contributed by atoms with Crippen LogP contribution in [0.1, 0.15) is 136 Å². The summed E-state index contributed by atoms with van der Waals surface area (Å²) in [5.74, 6) is -0.339. The topological polar surface area (TPSA) is 91.3 Å². The second kappa shape index (κ2) is 37.6. The number of nitrogens with zero attached hydrogens (tertiary/aromatic N) is 1. The van der Waals surface area contributed by atoms with E-state index in [4.69, 9.17) is 18.5 Å². The van der Waals surface area contributed by atoms with Gasteiger partial charge in [0.2, 0.25) is 0 Å². The number of likely N-dealkylation sites (N-methyl/N-ethyl adjacent to an activating group) is 1. The van der Waals surface area contributed by atoms with Gasteiger partial charge in [0.25, 0.3) is 0 Å². The zero-order valence-electron chi connectivity index (χ0n) is 34.9. The third kappa shape index (κ3) is 40.9. The number of quaternary nitrogens is 1. The lowest BCUT2D eigenvalue weighted by Crippen LogP contribution is -2.37. The smallest absolute Gasteiger partial charge is 0.457 e. The third-order valence-corrected chi connectivity index (χ3v) is 9.21. The molecule has 0 aliphatic rings. The van der Waals surface area contributed by atoms with Crippen LogP contribution < -0.4 is 0 Å². The molecular formula is C45H79NO7P+. The number of esters is 1. The lowest BCUT2D eigenvalue weighted by atomic mass is 10.1. The fraction of sp³-hybridized carbons (Fsp3) is 0.667. The van der Waals surface area contributed by atoms with Gasteiger partial charge in [0.15, 0.2) is 0 Å². The highest BCUT2D eigenvalue weighted by Gasteiger charge is 2.26. The van der Waals surface area contributed by atoms with Crippen molar-refractivity contribution in [3.05, 3.63) is 85.1 Å². The summed E-state index contributed by atoms with van der Waals surface area (Å²) in [6.45, 7) is 5.33. The van der Waals surface area contributed by atoms with Crippen LogP contribution in [0.5, 0.6) is 0 Å². The van der Waals surface area contributed by atoms with Crippen molar-refractivity contribution in [3.8, 4) is 0 Å². The molecule has 54 heavy (non-hydrogen) atoms. The number of carbonyl (C=O) groups is 1. The van der Waals surface area contributed by atoms with Gasteiger partial charge < -0.3 is 18.9 Å². The summed E-state index contributed by atoms with van der Waals surface area (Å²) in [4.78, 5) is 22.7. The van der Waals surface area contributed by atoms with Gasteiger partial charge in [-0.15, -0.1) is 0 Å². The first-order valence-corrected chi connectivity index (χ1v) is 22.3. The number of unbranched alkanes of at least 4 members (excludes halogenated alkanes) is 9. The van der Waals surface area contributed by atoms with Crippen molar-refractivity contribution in [2.24, 2.45) is 0 Å². The molecule has 310 valence electrons. The van der Waals surface area contributed by atoms with E-state index in [2.05, 4.69) is 98.9 Å². The van der Waals surface area contributed by atoms with Crippen LogP contribution in [-0.4, -0.2) is 75.6 Å². The molecule has 0 radical (unpaired) electrons. The zero-order valence-corrected chi connectivity index (χ0v) is 35.8. The molecule has 1 N–H and O–H groups in total. The molecule has 0 aromatic rings. The fourth-order valence-corrected chi connectivity index (χ4v) is 5.74. The lowest BCUT2D eigenvalue weighted by Gasteiger charge is -2.24. The third-order valence-electron chi connectivity index (χ3n) is 8.22. The second-order valence-electron chi connectivity index (χ2n) is 14.6. The summed E-state index contributed by atoms with van der Waals surface area (Å²) in [6.07, 6.45) is 49.2. The molecule has 0 aromatic carbocycles. The average molecular weight is 777 g/mol. The van der Waals surface area contributed by atoms with E-state index in [1.165, 1.54) is 32.1 Å². The van der Waals surface area contributed by atoms with Crippen molar-refractivity contribution >= 4 is 13.8 Å². The summed E-state index contributed by atoms with van der Waals surface area (Å²) < 4.78 is 34.8. The number of phosphoric ester groups is 1. The van der Waals surface area contributed by atoms with Crippen LogP contribution in [0.4, 0.5) is 0 Å².